The molecule has 2 aliphatic heterocycles. The second-order valence-corrected chi connectivity index (χ2v) is 7.50. The predicted molar refractivity (Wildman–Crippen MR) is 102 cm³/mol. The van der Waals surface area contributed by atoms with E-state index in [0.717, 1.165) is 18.7 Å². The Hall–Kier alpha value is -1.92. The number of aliphatic hydroxyl groups is 1. The number of rotatable bonds is 5. The molecule has 3 heterocycles. The first-order valence-corrected chi connectivity index (χ1v) is 9.40. The fourth-order valence-corrected chi connectivity index (χ4v) is 4.69. The van der Waals surface area contributed by atoms with Gasteiger partial charge in [0.2, 0.25) is 5.91 Å². The van der Waals surface area contributed by atoms with Crippen molar-refractivity contribution < 1.29 is 9.90 Å². The molecule has 0 saturated carbocycles. The molecule has 6 heteroatoms. The Morgan fingerprint density at radius 2 is 2.12 bits per heavy atom. The summed E-state index contributed by atoms with van der Waals surface area (Å²) in [6, 6.07) is 3.56. The summed E-state index contributed by atoms with van der Waals surface area (Å²) < 4.78 is 1.84. The zero-order valence-corrected chi connectivity index (χ0v) is 16.1. The molecule has 26 heavy (non-hydrogen) atoms. The lowest BCUT2D eigenvalue weighted by molar-refractivity contribution is -0.135. The number of allylic oxidation sites excluding steroid dienone is 1. The van der Waals surface area contributed by atoms with Crippen molar-refractivity contribution in [1.82, 2.24) is 14.4 Å². The Bertz CT molecular complexity index is 768. The quantitative estimate of drug-likeness (QED) is 0.862. The molecule has 0 bridgehead atoms. The monoisotopic (exact) mass is 359 g/mol. The summed E-state index contributed by atoms with van der Waals surface area (Å²) in [6.45, 7) is 5.28. The fourth-order valence-electron chi connectivity index (χ4n) is 4.69. The molecule has 4 atom stereocenters. The van der Waals surface area contributed by atoms with E-state index < -0.39 is 0 Å². The number of amides is 1. The van der Waals surface area contributed by atoms with Gasteiger partial charge in [0.05, 0.1) is 12.1 Å². The summed E-state index contributed by atoms with van der Waals surface area (Å²) in [6.07, 6.45) is 4.61. The van der Waals surface area contributed by atoms with E-state index >= 15 is 0 Å². The van der Waals surface area contributed by atoms with E-state index in [1.807, 2.05) is 35.8 Å². The highest BCUT2D eigenvalue weighted by Crippen LogP contribution is 2.49. The average Bonchev–Trinajstić information content (AvgIpc) is 3.12. The normalized spacial score (nSPS) is 27.7. The number of carbonyl (C=O) groups excluding carboxylic acids is 1. The van der Waals surface area contributed by atoms with Crippen molar-refractivity contribution in [2.75, 3.05) is 27.2 Å². The molecule has 0 unspecified atom stereocenters. The first-order chi connectivity index (χ1) is 12.5. The van der Waals surface area contributed by atoms with Gasteiger partial charge in [-0.15, -0.1) is 0 Å². The van der Waals surface area contributed by atoms with Crippen molar-refractivity contribution in [1.29, 1.82) is 0 Å². The van der Waals surface area contributed by atoms with Crippen LogP contribution in [0.4, 0.5) is 0 Å². The molecule has 2 aliphatic rings. The number of pyridine rings is 1. The number of nitrogens with zero attached hydrogens (tertiary/aromatic N) is 3. The Morgan fingerprint density at radius 3 is 2.69 bits per heavy atom. The van der Waals surface area contributed by atoms with Crippen LogP contribution in [-0.2, 0) is 11.3 Å². The number of carbonyl (C=O) groups is 1. The predicted octanol–water partition coefficient (Wildman–Crippen LogP) is 1.34. The number of aliphatic hydroxyl groups excluding tert-OH is 1. The topological polar surface area (TPSA) is 65.8 Å². The molecule has 1 fully saturated rings. The molecule has 1 saturated heterocycles. The van der Waals surface area contributed by atoms with Gasteiger partial charge < -0.3 is 14.6 Å². The molecule has 1 aromatic heterocycles. The molecule has 1 N–H and O–H groups in total. The van der Waals surface area contributed by atoms with Crippen molar-refractivity contribution in [3.05, 3.63) is 39.8 Å². The van der Waals surface area contributed by atoms with Crippen molar-refractivity contribution in [2.24, 2.45) is 11.8 Å². The van der Waals surface area contributed by atoms with Crippen LogP contribution in [0.2, 0.25) is 0 Å². The maximum Gasteiger partial charge on any atom is 0.258 e. The van der Waals surface area contributed by atoms with E-state index in [4.69, 9.17) is 0 Å². The largest absolute Gasteiger partial charge is 0.396 e. The fraction of sp³-hybridized carbons (Fsp3) is 0.600. The highest BCUT2D eigenvalue weighted by atomic mass is 16.3. The standard InChI is InChI=1S/C20H29N3O3/c1-5-7-13-8-9-16-17-14(11-23(16)19(13)25)15(12-24)18(20(26)21(3)4)22(17)10-6-2/h5,7-9,14-15,17-18,24H,6,10-12H2,1-4H3/b7-5-/t14-,15-,17+,18-/m1/s1. The Labute approximate surface area is 154 Å². The van der Waals surface area contributed by atoms with Gasteiger partial charge in [-0.25, -0.2) is 0 Å². The summed E-state index contributed by atoms with van der Waals surface area (Å²) in [5.41, 5.74) is 1.66. The number of aromatic nitrogens is 1. The Kier molecular flexibility index (Phi) is 5.34. The van der Waals surface area contributed by atoms with Crippen LogP contribution in [0.5, 0.6) is 0 Å². The van der Waals surface area contributed by atoms with Gasteiger partial charge >= 0.3 is 0 Å². The zero-order valence-electron chi connectivity index (χ0n) is 16.1. The maximum absolute atomic E-state index is 12.8. The first-order valence-electron chi connectivity index (χ1n) is 9.40. The lowest BCUT2D eigenvalue weighted by atomic mass is 9.88. The van der Waals surface area contributed by atoms with Gasteiger partial charge in [0, 0.05) is 50.3 Å². The lowest BCUT2D eigenvalue weighted by Gasteiger charge is -2.32. The van der Waals surface area contributed by atoms with Crippen LogP contribution in [0, 0.1) is 11.8 Å². The summed E-state index contributed by atoms with van der Waals surface area (Å²) in [7, 11) is 3.52. The molecule has 0 spiro atoms. The van der Waals surface area contributed by atoms with E-state index in [1.165, 1.54) is 0 Å². The number of hydrogen-bond acceptors (Lipinski definition) is 4. The molecule has 1 amide bonds. The number of fused-ring (bicyclic) bond motifs is 3. The summed E-state index contributed by atoms with van der Waals surface area (Å²) in [5.74, 6) is -0.0498. The minimum atomic E-state index is -0.330. The van der Waals surface area contributed by atoms with Gasteiger partial charge in [-0.2, -0.15) is 0 Å². The SMILES string of the molecule is C/C=C\c1ccc2n(c1=O)C[C@@H]1[C@@H](CO)[C@H](C(=O)N(C)C)N(CCC)[C@H]21. The van der Waals surface area contributed by atoms with Crippen LogP contribution in [0.15, 0.2) is 23.0 Å². The smallest absolute Gasteiger partial charge is 0.258 e. The third kappa shape index (κ3) is 2.81. The second-order valence-electron chi connectivity index (χ2n) is 7.50. The summed E-state index contributed by atoms with van der Waals surface area (Å²) in [4.78, 5) is 29.5. The molecular formula is C20H29N3O3. The number of likely N-dealkylation sites (tertiary alicyclic amines) is 1. The van der Waals surface area contributed by atoms with E-state index in [9.17, 15) is 14.7 Å². The molecule has 0 radical (unpaired) electrons. The van der Waals surface area contributed by atoms with Gasteiger partial charge in [0.15, 0.2) is 0 Å². The van der Waals surface area contributed by atoms with Gasteiger partial charge in [-0.1, -0.05) is 19.1 Å². The van der Waals surface area contributed by atoms with Crippen LogP contribution >= 0.6 is 0 Å². The molecule has 1 aromatic rings. The first kappa shape index (κ1) is 18.9. The minimum Gasteiger partial charge on any atom is -0.396 e. The Balaban J connectivity index is 2.08. The van der Waals surface area contributed by atoms with Gasteiger partial charge in [0.1, 0.15) is 0 Å². The van der Waals surface area contributed by atoms with E-state index in [0.29, 0.717) is 12.1 Å². The van der Waals surface area contributed by atoms with E-state index in [-0.39, 0.29) is 42.0 Å². The number of hydrogen-bond donors (Lipinski definition) is 1. The lowest BCUT2D eigenvalue weighted by Crippen LogP contribution is -2.48. The van der Waals surface area contributed by atoms with Crippen LogP contribution in [0.1, 0.15) is 37.6 Å². The highest BCUT2D eigenvalue weighted by Gasteiger charge is 2.55. The van der Waals surface area contributed by atoms with Crippen molar-refractivity contribution in [3.8, 4) is 0 Å². The second kappa shape index (κ2) is 7.37. The molecule has 142 valence electrons. The Morgan fingerprint density at radius 1 is 1.38 bits per heavy atom. The summed E-state index contributed by atoms with van der Waals surface area (Å²) >= 11 is 0. The van der Waals surface area contributed by atoms with Crippen LogP contribution in [0.25, 0.3) is 6.08 Å². The van der Waals surface area contributed by atoms with Crippen molar-refractivity contribution >= 4 is 12.0 Å². The zero-order chi connectivity index (χ0) is 19.0. The highest BCUT2D eigenvalue weighted by molar-refractivity contribution is 5.82. The molecule has 3 rings (SSSR count). The maximum atomic E-state index is 12.8. The van der Waals surface area contributed by atoms with E-state index in [2.05, 4.69) is 11.8 Å². The minimum absolute atomic E-state index is 0.00774. The van der Waals surface area contributed by atoms with Crippen molar-refractivity contribution in [2.45, 2.75) is 38.9 Å². The van der Waals surface area contributed by atoms with Crippen molar-refractivity contribution in [3.63, 3.8) is 0 Å². The third-order valence-corrected chi connectivity index (χ3v) is 5.74. The third-order valence-electron chi connectivity index (χ3n) is 5.74. The molecule has 6 nitrogen and oxygen atoms in total. The van der Waals surface area contributed by atoms with Crippen LogP contribution in [-0.4, -0.2) is 58.7 Å². The molecular weight excluding hydrogens is 330 g/mol. The molecule has 0 aliphatic carbocycles. The number of likely N-dealkylation sites (N-methyl/N-ethyl adjacent to an activating group) is 1. The van der Waals surface area contributed by atoms with Crippen LogP contribution < -0.4 is 5.56 Å². The van der Waals surface area contributed by atoms with Gasteiger partial charge in [-0.3, -0.25) is 14.5 Å². The van der Waals surface area contributed by atoms with Crippen LogP contribution in [0.3, 0.4) is 0 Å². The molecule has 0 aromatic carbocycles. The average molecular weight is 359 g/mol. The van der Waals surface area contributed by atoms with Gasteiger partial charge in [-0.05, 0) is 32.0 Å². The summed E-state index contributed by atoms with van der Waals surface area (Å²) in [5, 5.41) is 10.1. The van der Waals surface area contributed by atoms with E-state index in [1.54, 1.807) is 19.0 Å². The van der Waals surface area contributed by atoms with Gasteiger partial charge in [0.25, 0.3) is 5.56 Å².